The number of hydrogen-bond acceptors (Lipinski definition) is 8. The van der Waals surface area contributed by atoms with E-state index in [1.54, 1.807) is 23.6 Å². The molecule has 2 aliphatic heterocycles. The number of rotatable bonds is 3. The summed E-state index contributed by atoms with van der Waals surface area (Å²) in [5.41, 5.74) is 8.05. The maximum absolute atomic E-state index is 12.4. The van der Waals surface area contributed by atoms with Gasteiger partial charge in [0.25, 0.3) is 0 Å². The minimum Gasteiger partial charge on any atom is -0.466 e. The average Bonchev–Trinajstić information content (AvgIpc) is 2.95. The summed E-state index contributed by atoms with van der Waals surface area (Å²) >= 11 is 2.85. The van der Waals surface area contributed by atoms with Crippen molar-refractivity contribution in [1.29, 1.82) is 5.26 Å². The summed E-state index contributed by atoms with van der Waals surface area (Å²) in [7, 11) is 1.34. The van der Waals surface area contributed by atoms with Crippen LogP contribution in [-0.4, -0.2) is 29.4 Å². The lowest BCUT2D eigenvalue weighted by atomic mass is 9.94. The summed E-state index contributed by atoms with van der Waals surface area (Å²) in [6.45, 7) is 1.76. The van der Waals surface area contributed by atoms with Crippen LogP contribution in [0.3, 0.4) is 0 Å². The van der Waals surface area contributed by atoms with Gasteiger partial charge in [-0.2, -0.15) is 5.26 Å². The summed E-state index contributed by atoms with van der Waals surface area (Å²) in [5.74, 6) is -0.151. The van der Waals surface area contributed by atoms with Gasteiger partial charge in [0.05, 0.1) is 24.4 Å². The fraction of sp³-hybridized carbons (Fsp3) is 0.235. The van der Waals surface area contributed by atoms with Crippen LogP contribution in [0.25, 0.3) is 0 Å². The van der Waals surface area contributed by atoms with Crippen molar-refractivity contribution in [3.8, 4) is 6.07 Å². The molecule has 1 aromatic rings. The maximum atomic E-state index is 12.4. The predicted octanol–water partition coefficient (Wildman–Crippen LogP) is 2.97. The van der Waals surface area contributed by atoms with Crippen molar-refractivity contribution in [1.82, 2.24) is 4.90 Å². The number of hydrogen-bond donors (Lipinski definition) is 1. The number of thioether (sulfide) groups is 2. The molecule has 25 heavy (non-hydrogen) atoms. The van der Waals surface area contributed by atoms with Gasteiger partial charge >= 0.3 is 5.97 Å². The first-order chi connectivity index (χ1) is 12.0. The normalized spacial score (nSPS) is 19.5. The SMILES string of the molecule is COC(=O)C1=C(C)N=C2SC(C#N)=C(N)N2[C@H]1c1ccc(SC)cc1. The zero-order valence-corrected chi connectivity index (χ0v) is 15.6. The van der Waals surface area contributed by atoms with Crippen LogP contribution < -0.4 is 5.73 Å². The molecule has 0 radical (unpaired) electrons. The third kappa shape index (κ3) is 2.90. The topological polar surface area (TPSA) is 91.7 Å². The lowest BCUT2D eigenvalue weighted by Crippen LogP contribution is -2.38. The Morgan fingerprint density at radius 2 is 2.12 bits per heavy atom. The third-order valence-electron chi connectivity index (χ3n) is 4.01. The highest BCUT2D eigenvalue weighted by molar-refractivity contribution is 8.17. The molecule has 6 nitrogen and oxygen atoms in total. The molecule has 0 bridgehead atoms. The van der Waals surface area contributed by atoms with E-state index >= 15 is 0 Å². The number of fused-ring (bicyclic) bond motifs is 1. The number of carbonyl (C=O) groups excluding carboxylic acids is 1. The molecule has 1 atom stereocenters. The van der Waals surface area contributed by atoms with Crippen molar-refractivity contribution in [3.05, 3.63) is 51.8 Å². The Hall–Kier alpha value is -2.37. The fourth-order valence-corrected chi connectivity index (χ4v) is 4.14. The number of methoxy groups -OCH3 is 1. The lowest BCUT2D eigenvalue weighted by Gasteiger charge is -2.34. The van der Waals surface area contributed by atoms with E-state index in [-0.39, 0.29) is 0 Å². The molecule has 0 aliphatic carbocycles. The number of carbonyl (C=O) groups is 1. The summed E-state index contributed by atoms with van der Waals surface area (Å²) in [6, 6.07) is 9.51. The van der Waals surface area contributed by atoms with Gasteiger partial charge in [-0.25, -0.2) is 9.79 Å². The molecule has 0 fully saturated rings. The van der Waals surface area contributed by atoms with Crippen LogP contribution >= 0.6 is 23.5 Å². The first-order valence-electron chi connectivity index (χ1n) is 7.40. The number of nitrogens with zero attached hydrogens (tertiary/aromatic N) is 3. The number of nitriles is 1. The first-order valence-corrected chi connectivity index (χ1v) is 9.44. The Morgan fingerprint density at radius 1 is 1.44 bits per heavy atom. The minimum atomic E-state index is -0.478. The van der Waals surface area contributed by atoms with Crippen LogP contribution in [0.2, 0.25) is 0 Å². The number of nitrogens with two attached hydrogens (primary N) is 1. The molecule has 2 N–H and O–H groups in total. The molecule has 0 unspecified atom stereocenters. The molecule has 2 aliphatic rings. The highest BCUT2D eigenvalue weighted by atomic mass is 32.2. The Balaban J connectivity index is 2.17. The van der Waals surface area contributed by atoms with Gasteiger partial charge in [0.2, 0.25) is 0 Å². The van der Waals surface area contributed by atoms with Gasteiger partial charge < -0.3 is 10.5 Å². The fourth-order valence-electron chi connectivity index (χ4n) is 2.81. The van der Waals surface area contributed by atoms with Gasteiger partial charge in [0, 0.05) is 4.90 Å². The van der Waals surface area contributed by atoms with Crippen LogP contribution in [-0.2, 0) is 9.53 Å². The number of aliphatic imine (C=N–C) groups is 1. The number of esters is 1. The second-order valence-corrected chi connectivity index (χ2v) is 7.22. The molecule has 0 amide bonds. The van der Waals surface area contributed by atoms with E-state index in [4.69, 9.17) is 10.5 Å². The van der Waals surface area contributed by atoms with E-state index < -0.39 is 12.0 Å². The van der Waals surface area contributed by atoms with Crippen molar-refractivity contribution in [2.75, 3.05) is 13.4 Å². The van der Waals surface area contributed by atoms with Gasteiger partial charge in [-0.05, 0) is 42.6 Å². The van der Waals surface area contributed by atoms with Gasteiger partial charge in [0.15, 0.2) is 5.17 Å². The van der Waals surface area contributed by atoms with Gasteiger partial charge in [-0.15, -0.1) is 11.8 Å². The second kappa shape index (κ2) is 6.86. The van der Waals surface area contributed by atoms with Crippen LogP contribution in [0.4, 0.5) is 0 Å². The van der Waals surface area contributed by atoms with E-state index in [0.717, 1.165) is 10.5 Å². The lowest BCUT2D eigenvalue weighted by molar-refractivity contribution is -0.136. The van der Waals surface area contributed by atoms with E-state index in [1.807, 2.05) is 30.5 Å². The van der Waals surface area contributed by atoms with Crippen molar-refractivity contribution in [2.24, 2.45) is 10.7 Å². The number of benzene rings is 1. The summed E-state index contributed by atoms with van der Waals surface area (Å²) in [6.07, 6.45) is 2.00. The number of ether oxygens (including phenoxy) is 1. The summed E-state index contributed by atoms with van der Waals surface area (Å²) < 4.78 is 4.97. The van der Waals surface area contributed by atoms with E-state index in [0.29, 0.717) is 27.2 Å². The number of amidine groups is 1. The van der Waals surface area contributed by atoms with Crippen LogP contribution in [0.1, 0.15) is 18.5 Å². The number of allylic oxidation sites excluding steroid dienone is 2. The molecule has 128 valence electrons. The second-order valence-electron chi connectivity index (χ2n) is 5.36. The van der Waals surface area contributed by atoms with Crippen molar-refractivity contribution in [2.45, 2.75) is 17.9 Å². The Bertz CT molecular complexity index is 866. The third-order valence-corrected chi connectivity index (χ3v) is 5.73. The van der Waals surface area contributed by atoms with Crippen molar-refractivity contribution < 1.29 is 9.53 Å². The van der Waals surface area contributed by atoms with Crippen molar-refractivity contribution in [3.63, 3.8) is 0 Å². The molecule has 2 heterocycles. The molecular formula is C17H16N4O2S2. The standard InChI is InChI=1S/C17H16N4O2S2/c1-9-13(16(22)23-2)14(10-4-6-11(24-3)7-5-10)21-15(19)12(8-18)25-17(21)20-9/h4-7,14H,19H2,1-3H3/t14-/m0/s1. The molecule has 0 spiro atoms. The largest absolute Gasteiger partial charge is 0.466 e. The van der Waals surface area contributed by atoms with Crippen molar-refractivity contribution >= 4 is 34.7 Å². The molecule has 3 rings (SSSR count). The van der Waals surface area contributed by atoms with Gasteiger partial charge in [-0.1, -0.05) is 12.1 Å². The highest BCUT2D eigenvalue weighted by Gasteiger charge is 2.42. The molecule has 0 saturated heterocycles. The van der Waals surface area contributed by atoms with E-state index in [1.165, 1.54) is 18.9 Å². The van der Waals surface area contributed by atoms with Crippen LogP contribution in [0.5, 0.6) is 0 Å². The maximum Gasteiger partial charge on any atom is 0.338 e. The Kier molecular flexibility index (Phi) is 4.79. The quantitative estimate of drug-likeness (QED) is 0.644. The predicted molar refractivity (Wildman–Crippen MR) is 99.4 cm³/mol. The van der Waals surface area contributed by atoms with Gasteiger partial charge in [0.1, 0.15) is 16.8 Å². The molecule has 1 aromatic carbocycles. The summed E-state index contributed by atoms with van der Waals surface area (Å²) in [4.78, 5) is 20.1. The first kappa shape index (κ1) is 17.5. The zero-order chi connectivity index (χ0) is 18.1. The zero-order valence-electron chi connectivity index (χ0n) is 13.9. The monoisotopic (exact) mass is 372 g/mol. The minimum absolute atomic E-state index is 0.305. The molecule has 8 heteroatoms. The summed E-state index contributed by atoms with van der Waals surface area (Å²) in [5, 5.41) is 9.89. The molecule has 0 aromatic heterocycles. The molecular weight excluding hydrogens is 356 g/mol. The van der Waals surface area contributed by atoms with Crippen LogP contribution in [0.15, 0.2) is 56.1 Å². The van der Waals surface area contributed by atoms with E-state index in [9.17, 15) is 10.1 Å². The van der Waals surface area contributed by atoms with E-state index in [2.05, 4.69) is 11.1 Å². The average molecular weight is 372 g/mol. The Labute approximate surface area is 154 Å². The van der Waals surface area contributed by atoms with Crippen LogP contribution in [0, 0.1) is 11.3 Å². The van der Waals surface area contributed by atoms with Gasteiger partial charge in [-0.3, -0.25) is 4.90 Å². The highest BCUT2D eigenvalue weighted by Crippen LogP contribution is 2.45. The smallest absolute Gasteiger partial charge is 0.338 e. The molecule has 0 saturated carbocycles. The Morgan fingerprint density at radius 3 is 2.68 bits per heavy atom.